The van der Waals surface area contributed by atoms with Crippen LogP contribution in [0.25, 0.3) is 0 Å². The van der Waals surface area contributed by atoms with Gasteiger partial charge < -0.3 is 18.9 Å². The molecule has 1 unspecified atom stereocenters. The van der Waals surface area contributed by atoms with Gasteiger partial charge in [-0.3, -0.25) is 9.52 Å². The monoisotopic (exact) mass is 556 g/mol. The smallest absolute Gasteiger partial charge is 0.235 e. The SMILES string of the molecule is CSCCCOc1ccc(Oc2cccc3c2OC[C@H]3Oc2ccc(C3CC(=O)NS(=O)(=O)C3)cc2)cn1. The summed E-state index contributed by atoms with van der Waals surface area (Å²) in [7, 11) is -3.60. The fourth-order valence-electron chi connectivity index (χ4n) is 4.39. The molecule has 2 aliphatic heterocycles. The van der Waals surface area contributed by atoms with Gasteiger partial charge >= 0.3 is 0 Å². The molecule has 0 saturated carbocycles. The first kappa shape index (κ1) is 26.2. The predicted molar refractivity (Wildman–Crippen MR) is 144 cm³/mol. The van der Waals surface area contributed by atoms with Crippen LogP contribution in [0.4, 0.5) is 0 Å². The highest BCUT2D eigenvalue weighted by Crippen LogP contribution is 2.43. The minimum atomic E-state index is -3.60. The summed E-state index contributed by atoms with van der Waals surface area (Å²) in [6.07, 6.45) is 4.45. The van der Waals surface area contributed by atoms with Gasteiger partial charge in [0.05, 0.1) is 18.6 Å². The Morgan fingerprint density at radius 1 is 1.11 bits per heavy atom. The number of aromatic nitrogens is 1. The van der Waals surface area contributed by atoms with Crippen molar-refractivity contribution >= 4 is 27.7 Å². The zero-order valence-corrected chi connectivity index (χ0v) is 22.4. The van der Waals surface area contributed by atoms with E-state index in [0.717, 1.165) is 23.3 Å². The number of hydrogen-bond donors (Lipinski definition) is 1. The normalized spacial score (nSPS) is 19.7. The molecule has 2 atom stereocenters. The number of para-hydroxylation sites is 1. The first-order valence-electron chi connectivity index (χ1n) is 12.2. The van der Waals surface area contributed by atoms with Gasteiger partial charge in [0.15, 0.2) is 17.6 Å². The van der Waals surface area contributed by atoms with Crippen LogP contribution >= 0.6 is 11.8 Å². The summed E-state index contributed by atoms with van der Waals surface area (Å²) in [6.45, 7) is 0.942. The molecule has 38 heavy (non-hydrogen) atoms. The van der Waals surface area contributed by atoms with E-state index in [1.54, 1.807) is 48.3 Å². The van der Waals surface area contributed by atoms with Crippen LogP contribution in [0.1, 0.15) is 36.0 Å². The molecule has 1 amide bonds. The summed E-state index contributed by atoms with van der Waals surface area (Å²) in [4.78, 5) is 16.1. The summed E-state index contributed by atoms with van der Waals surface area (Å²) in [5.41, 5.74) is 1.64. The maximum atomic E-state index is 11.9. The predicted octanol–water partition coefficient (Wildman–Crippen LogP) is 4.45. The first-order chi connectivity index (χ1) is 18.4. The molecule has 1 N–H and O–H groups in total. The average molecular weight is 557 g/mol. The van der Waals surface area contributed by atoms with Gasteiger partial charge in [-0.15, -0.1) is 0 Å². The van der Waals surface area contributed by atoms with E-state index in [1.807, 2.05) is 29.0 Å². The summed E-state index contributed by atoms with van der Waals surface area (Å²) in [6, 6.07) is 16.4. The van der Waals surface area contributed by atoms with E-state index in [9.17, 15) is 13.2 Å². The molecule has 0 aliphatic carbocycles. The summed E-state index contributed by atoms with van der Waals surface area (Å²) >= 11 is 1.78. The van der Waals surface area contributed by atoms with Crippen LogP contribution in [-0.4, -0.2) is 50.3 Å². The van der Waals surface area contributed by atoms with Gasteiger partial charge in [0.1, 0.15) is 18.1 Å². The number of carbonyl (C=O) groups excluding carboxylic acids is 1. The lowest BCUT2D eigenvalue weighted by Gasteiger charge is -2.22. The van der Waals surface area contributed by atoms with Crippen molar-refractivity contribution < 1.29 is 32.2 Å². The second kappa shape index (κ2) is 11.5. The topological polar surface area (TPSA) is 113 Å². The molecule has 0 radical (unpaired) electrons. The van der Waals surface area contributed by atoms with Crippen molar-refractivity contribution in [2.75, 3.05) is 31.0 Å². The molecule has 3 aromatic rings. The van der Waals surface area contributed by atoms with Crippen LogP contribution in [0.2, 0.25) is 0 Å². The largest absolute Gasteiger partial charge is 0.485 e. The minimum absolute atomic E-state index is 0.116. The number of ether oxygens (including phenoxy) is 4. The lowest BCUT2D eigenvalue weighted by atomic mass is 9.97. The summed E-state index contributed by atoms with van der Waals surface area (Å²) in [5, 5.41) is 0. The molecule has 0 spiro atoms. The molecule has 11 heteroatoms. The van der Waals surface area contributed by atoms with Gasteiger partial charge in [-0.05, 0) is 48.3 Å². The average Bonchev–Trinajstić information content (AvgIpc) is 3.30. The van der Waals surface area contributed by atoms with E-state index in [2.05, 4.69) is 11.2 Å². The van der Waals surface area contributed by atoms with Gasteiger partial charge in [0.2, 0.25) is 21.8 Å². The fourth-order valence-corrected chi connectivity index (χ4v) is 6.15. The minimum Gasteiger partial charge on any atom is -0.485 e. The van der Waals surface area contributed by atoms with Gasteiger partial charge in [-0.2, -0.15) is 11.8 Å². The van der Waals surface area contributed by atoms with Crippen molar-refractivity contribution in [2.45, 2.75) is 24.9 Å². The Bertz CT molecular complexity index is 1380. The third-order valence-corrected chi connectivity index (χ3v) is 8.24. The zero-order valence-electron chi connectivity index (χ0n) is 20.8. The summed E-state index contributed by atoms with van der Waals surface area (Å²) in [5.74, 6) is 2.98. The standard InChI is InChI=1S/C27H28N2O7S2/c1-37-13-3-12-33-26-11-10-21(15-28-26)36-23-5-2-4-22-24(16-34-27(22)23)35-20-8-6-18(7-9-20)19-14-25(30)29-38(31,32)17-19/h2,4-11,15,19,24H,3,12-14,16-17H2,1H3,(H,29,30)/t19?,24-/m1/s1. The molecule has 2 aliphatic rings. The first-order valence-corrected chi connectivity index (χ1v) is 15.3. The number of amides is 1. The van der Waals surface area contributed by atoms with Crippen LogP contribution < -0.4 is 23.7 Å². The van der Waals surface area contributed by atoms with Gasteiger partial charge in [0.25, 0.3) is 0 Å². The van der Waals surface area contributed by atoms with Crippen LogP contribution in [0.5, 0.6) is 28.9 Å². The Hall–Kier alpha value is -3.44. The number of benzene rings is 2. The molecule has 9 nitrogen and oxygen atoms in total. The van der Waals surface area contributed by atoms with E-state index in [0.29, 0.717) is 42.1 Å². The molecule has 1 fully saturated rings. The Balaban J connectivity index is 1.22. The van der Waals surface area contributed by atoms with Crippen molar-refractivity contribution in [3.05, 3.63) is 71.9 Å². The Morgan fingerprint density at radius 3 is 2.66 bits per heavy atom. The number of nitrogens with one attached hydrogen (secondary N) is 1. The molecule has 5 rings (SSSR count). The van der Waals surface area contributed by atoms with Gasteiger partial charge in [-0.1, -0.05) is 24.3 Å². The third kappa shape index (κ3) is 6.33. The lowest BCUT2D eigenvalue weighted by Crippen LogP contribution is -2.40. The number of fused-ring (bicyclic) bond motifs is 1. The maximum Gasteiger partial charge on any atom is 0.235 e. The second-order valence-corrected chi connectivity index (χ2v) is 11.8. The Morgan fingerprint density at radius 2 is 1.92 bits per heavy atom. The van der Waals surface area contributed by atoms with Crippen molar-refractivity contribution in [1.82, 2.24) is 9.71 Å². The molecule has 2 aromatic carbocycles. The van der Waals surface area contributed by atoms with Gasteiger partial charge in [-0.25, -0.2) is 13.4 Å². The van der Waals surface area contributed by atoms with E-state index in [-0.39, 0.29) is 24.2 Å². The van der Waals surface area contributed by atoms with Crippen molar-refractivity contribution in [2.24, 2.45) is 0 Å². The number of nitrogens with zero attached hydrogens (tertiary/aromatic N) is 1. The Kier molecular flexibility index (Phi) is 7.94. The quantitative estimate of drug-likeness (QED) is 0.362. The van der Waals surface area contributed by atoms with E-state index in [1.165, 1.54) is 0 Å². The third-order valence-electron chi connectivity index (χ3n) is 6.17. The molecule has 200 valence electrons. The summed E-state index contributed by atoms with van der Waals surface area (Å²) < 4.78 is 49.6. The highest BCUT2D eigenvalue weighted by atomic mass is 32.2. The lowest BCUT2D eigenvalue weighted by molar-refractivity contribution is -0.119. The maximum absolute atomic E-state index is 11.9. The fraction of sp³-hybridized carbons (Fsp3) is 0.333. The molecule has 0 bridgehead atoms. The number of carbonyl (C=O) groups is 1. The number of hydrogen-bond acceptors (Lipinski definition) is 9. The molecular weight excluding hydrogens is 528 g/mol. The van der Waals surface area contributed by atoms with E-state index in [4.69, 9.17) is 18.9 Å². The number of thioether (sulfide) groups is 1. The highest BCUT2D eigenvalue weighted by molar-refractivity contribution is 7.98. The van der Waals surface area contributed by atoms with Crippen LogP contribution in [-0.2, 0) is 14.8 Å². The van der Waals surface area contributed by atoms with Crippen molar-refractivity contribution in [3.63, 3.8) is 0 Å². The van der Waals surface area contributed by atoms with Crippen LogP contribution in [0.3, 0.4) is 0 Å². The van der Waals surface area contributed by atoms with Gasteiger partial charge in [0, 0.05) is 24.0 Å². The van der Waals surface area contributed by atoms with E-state index < -0.39 is 15.9 Å². The second-order valence-electron chi connectivity index (χ2n) is 9.00. The van der Waals surface area contributed by atoms with Crippen molar-refractivity contribution in [1.29, 1.82) is 0 Å². The zero-order chi connectivity index (χ0) is 26.5. The van der Waals surface area contributed by atoms with Crippen molar-refractivity contribution in [3.8, 4) is 28.9 Å². The molecular formula is C27H28N2O7S2. The number of rotatable bonds is 10. The molecule has 1 saturated heterocycles. The van der Waals surface area contributed by atoms with Crippen LogP contribution in [0.15, 0.2) is 60.8 Å². The number of pyridine rings is 1. The Labute approximate surface area is 225 Å². The molecule has 3 heterocycles. The number of sulfonamides is 1. The van der Waals surface area contributed by atoms with E-state index >= 15 is 0 Å². The van der Waals surface area contributed by atoms with Crippen LogP contribution in [0, 0.1) is 0 Å². The molecule has 1 aromatic heterocycles. The highest BCUT2D eigenvalue weighted by Gasteiger charge is 2.31.